The Labute approximate surface area is 66.6 Å². The molecule has 0 bridgehead atoms. The van der Waals surface area contributed by atoms with Crippen LogP contribution in [0, 0.1) is 0 Å². The molecule has 8 heavy (non-hydrogen) atoms. The molecule has 0 atom stereocenters. The molecule has 2 nitrogen and oxygen atoms in total. The standard InChI is InChI=1S/C5H12O2.Mg/c1-3-5-7-6-4-2;/h3-5H2,1-2H3;. The highest BCUT2D eigenvalue weighted by molar-refractivity contribution is 5.75. The van der Waals surface area contributed by atoms with Crippen LogP contribution in [0.1, 0.15) is 20.3 Å². The zero-order valence-corrected chi connectivity index (χ0v) is 7.06. The summed E-state index contributed by atoms with van der Waals surface area (Å²) < 4.78 is 0. The molecule has 3 heteroatoms. The van der Waals surface area contributed by atoms with E-state index in [0.29, 0.717) is 13.2 Å². The van der Waals surface area contributed by atoms with Gasteiger partial charge in [-0.25, -0.2) is 9.78 Å². The van der Waals surface area contributed by atoms with Crippen molar-refractivity contribution in [2.75, 3.05) is 13.2 Å². The van der Waals surface area contributed by atoms with Crippen LogP contribution in [0.15, 0.2) is 0 Å². The summed E-state index contributed by atoms with van der Waals surface area (Å²) >= 11 is 0. The Morgan fingerprint density at radius 3 is 2.12 bits per heavy atom. The Balaban J connectivity index is 0. The molecule has 0 heterocycles. The van der Waals surface area contributed by atoms with E-state index in [4.69, 9.17) is 0 Å². The molecule has 0 fully saturated rings. The Morgan fingerprint density at radius 1 is 1.12 bits per heavy atom. The molecular formula is C5H12MgO2. The summed E-state index contributed by atoms with van der Waals surface area (Å²) in [5.74, 6) is 0. The van der Waals surface area contributed by atoms with E-state index in [2.05, 4.69) is 9.78 Å². The van der Waals surface area contributed by atoms with Crippen molar-refractivity contribution in [1.82, 2.24) is 0 Å². The molecule has 0 N–H and O–H groups in total. The molecule has 0 aromatic carbocycles. The van der Waals surface area contributed by atoms with Crippen molar-refractivity contribution in [3.8, 4) is 0 Å². The normalized spacial score (nSPS) is 8.25. The van der Waals surface area contributed by atoms with Gasteiger partial charge in [0, 0.05) is 23.1 Å². The molecule has 0 aromatic rings. The minimum Gasteiger partial charge on any atom is -0.237 e. The van der Waals surface area contributed by atoms with E-state index >= 15 is 0 Å². The first-order valence-electron chi connectivity index (χ1n) is 2.66. The fraction of sp³-hybridized carbons (Fsp3) is 1.00. The van der Waals surface area contributed by atoms with Gasteiger partial charge in [0.05, 0.1) is 13.2 Å². The molecule has 0 aliphatic carbocycles. The lowest BCUT2D eigenvalue weighted by Crippen LogP contribution is -1.93. The summed E-state index contributed by atoms with van der Waals surface area (Å²) in [6.07, 6.45) is 1.01. The lowest BCUT2D eigenvalue weighted by Gasteiger charge is -1.95. The Bertz CT molecular complexity index is 29.6. The first-order chi connectivity index (χ1) is 3.41. The van der Waals surface area contributed by atoms with Crippen LogP contribution < -0.4 is 0 Å². The van der Waals surface area contributed by atoms with Gasteiger partial charge < -0.3 is 0 Å². The Hall–Kier alpha value is 0.686. The maximum absolute atomic E-state index is 4.63. The monoisotopic (exact) mass is 128 g/mol. The van der Waals surface area contributed by atoms with Crippen molar-refractivity contribution in [2.45, 2.75) is 20.3 Å². The number of hydrogen-bond acceptors (Lipinski definition) is 2. The number of hydrogen-bond donors (Lipinski definition) is 0. The maximum Gasteiger partial charge on any atom is 0.0819 e. The van der Waals surface area contributed by atoms with Crippen LogP contribution in [0.4, 0.5) is 0 Å². The lowest BCUT2D eigenvalue weighted by atomic mass is 10.5. The molecule has 0 aromatic heterocycles. The van der Waals surface area contributed by atoms with Crippen molar-refractivity contribution in [3.63, 3.8) is 0 Å². The van der Waals surface area contributed by atoms with E-state index in [0.717, 1.165) is 6.42 Å². The zero-order valence-electron chi connectivity index (χ0n) is 5.64. The first-order valence-corrected chi connectivity index (χ1v) is 2.66. The molecule has 0 amide bonds. The smallest absolute Gasteiger partial charge is 0.0819 e. The van der Waals surface area contributed by atoms with Gasteiger partial charge in [0.1, 0.15) is 0 Å². The van der Waals surface area contributed by atoms with Crippen molar-refractivity contribution in [3.05, 3.63) is 0 Å². The van der Waals surface area contributed by atoms with Gasteiger partial charge in [-0.2, -0.15) is 0 Å². The van der Waals surface area contributed by atoms with Crippen LogP contribution in [-0.2, 0) is 9.78 Å². The summed E-state index contributed by atoms with van der Waals surface area (Å²) in [5, 5.41) is 0. The molecule has 0 unspecified atom stereocenters. The molecule has 0 aliphatic heterocycles. The SMILES string of the molecule is CCCOOCC.[Mg]. The van der Waals surface area contributed by atoms with Crippen molar-refractivity contribution in [1.29, 1.82) is 0 Å². The highest BCUT2D eigenvalue weighted by Gasteiger charge is 1.77. The lowest BCUT2D eigenvalue weighted by molar-refractivity contribution is -0.290. The Kier molecular flexibility index (Phi) is 15.2. The average molecular weight is 128 g/mol. The molecule has 0 aliphatic rings. The van der Waals surface area contributed by atoms with Crippen LogP contribution >= 0.6 is 0 Å². The van der Waals surface area contributed by atoms with E-state index < -0.39 is 0 Å². The third-order valence-electron chi connectivity index (χ3n) is 0.489. The largest absolute Gasteiger partial charge is 0.237 e. The third kappa shape index (κ3) is 9.84. The molecular weight excluding hydrogens is 116 g/mol. The van der Waals surface area contributed by atoms with Gasteiger partial charge in [0.25, 0.3) is 0 Å². The van der Waals surface area contributed by atoms with Crippen molar-refractivity contribution >= 4 is 23.1 Å². The van der Waals surface area contributed by atoms with Gasteiger partial charge in [-0.1, -0.05) is 6.92 Å². The highest BCUT2D eigenvalue weighted by Crippen LogP contribution is 1.79. The minimum atomic E-state index is 0. The fourth-order valence-electron chi connectivity index (χ4n) is 0.226. The second-order valence-electron chi connectivity index (χ2n) is 1.23. The summed E-state index contributed by atoms with van der Waals surface area (Å²) in [7, 11) is 0. The number of rotatable bonds is 4. The summed E-state index contributed by atoms with van der Waals surface area (Å²) in [5.41, 5.74) is 0. The van der Waals surface area contributed by atoms with Gasteiger partial charge in [0.15, 0.2) is 0 Å². The maximum atomic E-state index is 4.63. The molecule has 0 saturated carbocycles. The average Bonchev–Trinajstić information content (AvgIpc) is 1.69. The first kappa shape index (κ1) is 11.5. The molecule has 2 radical (unpaired) electrons. The van der Waals surface area contributed by atoms with E-state index in [-0.39, 0.29) is 23.1 Å². The summed E-state index contributed by atoms with van der Waals surface area (Å²) in [6, 6.07) is 0. The van der Waals surface area contributed by atoms with E-state index in [1.54, 1.807) is 0 Å². The van der Waals surface area contributed by atoms with Gasteiger partial charge in [0.2, 0.25) is 0 Å². The van der Waals surface area contributed by atoms with Crippen LogP contribution in [0.3, 0.4) is 0 Å². The van der Waals surface area contributed by atoms with Gasteiger partial charge >= 0.3 is 0 Å². The van der Waals surface area contributed by atoms with Crippen LogP contribution in [0.5, 0.6) is 0 Å². The van der Waals surface area contributed by atoms with Gasteiger partial charge in [-0.15, -0.1) is 0 Å². The van der Waals surface area contributed by atoms with E-state index in [1.807, 2.05) is 13.8 Å². The van der Waals surface area contributed by atoms with E-state index in [1.165, 1.54) is 0 Å². The van der Waals surface area contributed by atoms with Crippen LogP contribution in [0.25, 0.3) is 0 Å². The van der Waals surface area contributed by atoms with Gasteiger partial charge in [-0.3, -0.25) is 0 Å². The molecule has 46 valence electrons. The minimum absolute atomic E-state index is 0. The highest BCUT2D eigenvalue weighted by atomic mass is 24.3. The topological polar surface area (TPSA) is 18.5 Å². The zero-order chi connectivity index (χ0) is 5.54. The van der Waals surface area contributed by atoms with Gasteiger partial charge in [-0.05, 0) is 13.3 Å². The second-order valence-corrected chi connectivity index (χ2v) is 1.23. The summed E-state index contributed by atoms with van der Waals surface area (Å²) in [6.45, 7) is 5.28. The Morgan fingerprint density at radius 2 is 1.75 bits per heavy atom. The van der Waals surface area contributed by atoms with Crippen LogP contribution in [-0.4, -0.2) is 36.3 Å². The fourth-order valence-corrected chi connectivity index (χ4v) is 0.226. The van der Waals surface area contributed by atoms with E-state index in [9.17, 15) is 0 Å². The summed E-state index contributed by atoms with van der Waals surface area (Å²) in [4.78, 5) is 9.21. The predicted octanol–water partition coefficient (Wildman–Crippen LogP) is 0.984. The third-order valence-corrected chi connectivity index (χ3v) is 0.489. The quantitative estimate of drug-likeness (QED) is 0.243. The van der Waals surface area contributed by atoms with Crippen molar-refractivity contribution in [2.24, 2.45) is 0 Å². The molecule has 0 saturated heterocycles. The van der Waals surface area contributed by atoms with Crippen molar-refractivity contribution < 1.29 is 9.78 Å². The predicted molar refractivity (Wildman–Crippen MR) is 33.6 cm³/mol. The van der Waals surface area contributed by atoms with Crippen LogP contribution in [0.2, 0.25) is 0 Å². The molecule has 0 rings (SSSR count). The second kappa shape index (κ2) is 10.6. The molecule has 0 spiro atoms.